The van der Waals surface area contributed by atoms with Crippen LogP contribution in [0.3, 0.4) is 0 Å². The Kier molecular flexibility index (Phi) is 2.81. The van der Waals surface area contributed by atoms with Gasteiger partial charge in [-0.15, -0.1) is 0 Å². The number of rotatable bonds is 3. The number of nitrogens with zero attached hydrogens (tertiary/aromatic N) is 1. The first-order chi connectivity index (χ1) is 9.16. The van der Waals surface area contributed by atoms with E-state index in [0.29, 0.717) is 5.82 Å². The molecule has 5 nitrogen and oxygen atoms in total. The number of nitrogens with one attached hydrogen (secondary N) is 1. The Morgan fingerprint density at radius 1 is 1.21 bits per heavy atom. The largest absolute Gasteiger partial charge is 0.481 e. The van der Waals surface area contributed by atoms with E-state index in [0.717, 1.165) is 6.42 Å². The zero-order valence-electron chi connectivity index (χ0n) is 10.2. The molecule has 1 aromatic rings. The van der Waals surface area contributed by atoms with Crippen molar-refractivity contribution in [2.75, 3.05) is 5.32 Å². The lowest BCUT2D eigenvalue weighted by Crippen LogP contribution is -2.36. The van der Waals surface area contributed by atoms with Crippen LogP contribution in [0.2, 0.25) is 0 Å². The molecule has 4 atom stereocenters. The summed E-state index contributed by atoms with van der Waals surface area (Å²) < 4.78 is 0. The summed E-state index contributed by atoms with van der Waals surface area (Å²) >= 11 is 0. The van der Waals surface area contributed by atoms with Crippen molar-refractivity contribution < 1.29 is 14.7 Å². The number of carboxylic acids is 1. The van der Waals surface area contributed by atoms with Gasteiger partial charge in [0.25, 0.3) is 0 Å². The number of carbonyl (C=O) groups excluding carboxylic acids is 1. The molecule has 0 radical (unpaired) electrons. The second-order valence-corrected chi connectivity index (χ2v) is 5.04. The van der Waals surface area contributed by atoms with Gasteiger partial charge in [0.2, 0.25) is 5.91 Å². The van der Waals surface area contributed by atoms with Gasteiger partial charge in [-0.3, -0.25) is 9.59 Å². The molecule has 5 heteroatoms. The van der Waals surface area contributed by atoms with Gasteiger partial charge in [-0.05, 0) is 30.4 Å². The smallest absolute Gasteiger partial charge is 0.307 e. The minimum Gasteiger partial charge on any atom is -0.481 e. The van der Waals surface area contributed by atoms with Crippen molar-refractivity contribution in [1.29, 1.82) is 0 Å². The molecule has 98 valence electrons. The van der Waals surface area contributed by atoms with E-state index in [1.54, 1.807) is 24.4 Å². The lowest BCUT2D eigenvalue weighted by molar-refractivity contribution is -0.146. The third-order valence-electron chi connectivity index (χ3n) is 3.96. The second kappa shape index (κ2) is 4.50. The number of pyridine rings is 1. The summed E-state index contributed by atoms with van der Waals surface area (Å²) in [6.45, 7) is 0. The average Bonchev–Trinajstić information content (AvgIpc) is 2.99. The Bertz CT molecular complexity index is 541. The van der Waals surface area contributed by atoms with Gasteiger partial charge in [0.05, 0.1) is 11.8 Å². The molecule has 0 aliphatic heterocycles. The maximum atomic E-state index is 12.3. The summed E-state index contributed by atoms with van der Waals surface area (Å²) in [7, 11) is 0. The van der Waals surface area contributed by atoms with E-state index in [1.807, 2.05) is 12.2 Å². The fourth-order valence-electron chi connectivity index (χ4n) is 3.16. The molecule has 2 bridgehead atoms. The number of carboxylic acid groups (broad SMARTS) is 1. The predicted octanol–water partition coefficient (Wildman–Crippen LogP) is 1.54. The molecule has 2 N–H and O–H groups in total. The highest BCUT2D eigenvalue weighted by molar-refractivity contribution is 5.95. The summed E-state index contributed by atoms with van der Waals surface area (Å²) in [5.74, 6) is -1.76. The van der Waals surface area contributed by atoms with Crippen molar-refractivity contribution in [2.45, 2.75) is 6.42 Å². The van der Waals surface area contributed by atoms with Gasteiger partial charge in [-0.1, -0.05) is 18.2 Å². The Labute approximate surface area is 110 Å². The van der Waals surface area contributed by atoms with Crippen LogP contribution in [0.15, 0.2) is 36.5 Å². The highest BCUT2D eigenvalue weighted by Crippen LogP contribution is 2.48. The maximum Gasteiger partial charge on any atom is 0.307 e. The zero-order valence-corrected chi connectivity index (χ0v) is 10.2. The number of aliphatic carboxylic acids is 1. The highest BCUT2D eigenvalue weighted by Gasteiger charge is 2.51. The Balaban J connectivity index is 1.79. The zero-order chi connectivity index (χ0) is 13.4. The maximum absolute atomic E-state index is 12.3. The third kappa shape index (κ3) is 2.01. The first-order valence-corrected chi connectivity index (χ1v) is 6.30. The minimum absolute atomic E-state index is 0.0121. The highest BCUT2D eigenvalue weighted by atomic mass is 16.4. The normalized spacial score (nSPS) is 31.4. The molecule has 3 rings (SSSR count). The molecule has 0 saturated heterocycles. The fraction of sp³-hybridized carbons (Fsp3) is 0.357. The van der Waals surface area contributed by atoms with Gasteiger partial charge >= 0.3 is 5.97 Å². The Hall–Kier alpha value is -2.17. The molecule has 1 saturated carbocycles. The van der Waals surface area contributed by atoms with E-state index in [1.165, 1.54) is 0 Å². The van der Waals surface area contributed by atoms with Crippen molar-refractivity contribution in [1.82, 2.24) is 4.98 Å². The van der Waals surface area contributed by atoms with Crippen LogP contribution in [0, 0.1) is 23.7 Å². The SMILES string of the molecule is O=C(O)[C@H]1[C@H](C(=O)Nc2ccccn2)[C@H]2C=C[C@H]1C2. The molecule has 2 aliphatic rings. The van der Waals surface area contributed by atoms with Crippen molar-refractivity contribution in [3.05, 3.63) is 36.5 Å². The average molecular weight is 258 g/mol. The van der Waals surface area contributed by atoms with Crippen molar-refractivity contribution in [3.63, 3.8) is 0 Å². The number of allylic oxidation sites excluding steroid dienone is 2. The van der Waals surface area contributed by atoms with Gasteiger partial charge < -0.3 is 10.4 Å². The van der Waals surface area contributed by atoms with Crippen molar-refractivity contribution >= 4 is 17.7 Å². The van der Waals surface area contributed by atoms with Crippen molar-refractivity contribution in [3.8, 4) is 0 Å². The van der Waals surface area contributed by atoms with E-state index in [-0.39, 0.29) is 17.7 Å². The Morgan fingerprint density at radius 2 is 1.95 bits per heavy atom. The molecule has 2 aliphatic carbocycles. The van der Waals surface area contributed by atoms with Crippen LogP contribution in [-0.4, -0.2) is 22.0 Å². The summed E-state index contributed by atoms with van der Waals surface area (Å²) in [6.07, 6.45) is 6.24. The number of hydrogen-bond acceptors (Lipinski definition) is 3. The fourth-order valence-corrected chi connectivity index (χ4v) is 3.16. The molecule has 1 aromatic heterocycles. The van der Waals surface area contributed by atoms with E-state index in [4.69, 9.17) is 0 Å². The summed E-state index contributed by atoms with van der Waals surface area (Å²) in [4.78, 5) is 27.6. The van der Waals surface area contributed by atoms with Crippen LogP contribution in [0.25, 0.3) is 0 Å². The first kappa shape index (κ1) is 11.9. The standard InChI is InChI=1S/C14H14N2O3/c17-13(16-10-3-1-2-6-15-10)11-8-4-5-9(7-8)12(11)14(18)19/h1-6,8-9,11-12H,7H2,(H,18,19)(H,15,16,17)/t8-,9-,11+,12+/m0/s1. The van der Waals surface area contributed by atoms with Crippen LogP contribution < -0.4 is 5.32 Å². The van der Waals surface area contributed by atoms with E-state index in [2.05, 4.69) is 10.3 Å². The molecule has 0 unspecified atom stereocenters. The Morgan fingerprint density at radius 3 is 2.58 bits per heavy atom. The van der Waals surface area contributed by atoms with Crippen molar-refractivity contribution in [2.24, 2.45) is 23.7 Å². The van der Waals surface area contributed by atoms with Gasteiger partial charge in [0.1, 0.15) is 5.82 Å². The van der Waals surface area contributed by atoms with Gasteiger partial charge in [-0.2, -0.15) is 0 Å². The summed E-state index contributed by atoms with van der Waals surface area (Å²) in [5, 5.41) is 12.0. The van der Waals surface area contributed by atoms with Gasteiger partial charge in [-0.25, -0.2) is 4.98 Å². The van der Waals surface area contributed by atoms with Crippen LogP contribution in [0.1, 0.15) is 6.42 Å². The monoisotopic (exact) mass is 258 g/mol. The summed E-state index contributed by atoms with van der Waals surface area (Å²) in [5.41, 5.74) is 0. The predicted molar refractivity (Wildman–Crippen MR) is 68.2 cm³/mol. The number of anilines is 1. The van der Waals surface area contributed by atoms with Gasteiger partial charge in [0, 0.05) is 6.20 Å². The number of carbonyl (C=O) groups is 2. The second-order valence-electron chi connectivity index (χ2n) is 5.04. The number of hydrogen-bond donors (Lipinski definition) is 2. The molecular formula is C14H14N2O3. The van der Waals surface area contributed by atoms with E-state index < -0.39 is 17.8 Å². The topological polar surface area (TPSA) is 79.3 Å². The van der Waals surface area contributed by atoms with Gasteiger partial charge in [0.15, 0.2) is 0 Å². The quantitative estimate of drug-likeness (QED) is 0.806. The summed E-state index contributed by atoms with van der Waals surface area (Å²) in [6, 6.07) is 5.23. The molecule has 0 spiro atoms. The molecule has 1 heterocycles. The molecule has 1 fully saturated rings. The van der Waals surface area contributed by atoms with E-state index >= 15 is 0 Å². The van der Waals surface area contributed by atoms with Crippen LogP contribution in [0.4, 0.5) is 5.82 Å². The number of amides is 1. The molecular weight excluding hydrogens is 244 g/mol. The molecule has 19 heavy (non-hydrogen) atoms. The number of fused-ring (bicyclic) bond motifs is 2. The minimum atomic E-state index is -0.891. The molecule has 0 aromatic carbocycles. The van der Waals surface area contributed by atoms with Crippen LogP contribution >= 0.6 is 0 Å². The lowest BCUT2D eigenvalue weighted by atomic mass is 9.82. The lowest BCUT2D eigenvalue weighted by Gasteiger charge is -2.23. The number of aromatic nitrogens is 1. The molecule has 1 amide bonds. The first-order valence-electron chi connectivity index (χ1n) is 6.30. The van der Waals surface area contributed by atoms with Crippen LogP contribution in [-0.2, 0) is 9.59 Å². The van der Waals surface area contributed by atoms with E-state index in [9.17, 15) is 14.7 Å². The van der Waals surface area contributed by atoms with Crippen LogP contribution in [0.5, 0.6) is 0 Å². The third-order valence-corrected chi connectivity index (χ3v) is 3.96.